The van der Waals surface area contributed by atoms with Crippen molar-refractivity contribution in [3.05, 3.63) is 35.4 Å². The number of nitrogens with zero attached hydrogens (tertiary/aromatic N) is 1. The fraction of sp³-hybridized carbons (Fsp3) is 0.632. The van der Waals surface area contributed by atoms with Gasteiger partial charge in [-0.3, -0.25) is 9.69 Å². The Morgan fingerprint density at radius 3 is 2.73 bits per heavy atom. The fourth-order valence-corrected chi connectivity index (χ4v) is 3.26. The third-order valence-corrected chi connectivity index (χ3v) is 4.46. The molecule has 1 heterocycles. The molecule has 0 aromatic heterocycles. The summed E-state index contributed by atoms with van der Waals surface area (Å²) < 4.78 is 0. The maximum Gasteiger partial charge on any atom is 0.251 e. The van der Waals surface area contributed by atoms with Gasteiger partial charge in [0, 0.05) is 24.7 Å². The molecule has 1 N–H and O–H groups in total. The standard InChI is InChI=1S/C19H30N2O/c1-4-6-16(3)20-19(22)18-10-8-17(9-11-18)14-21-12-5-7-15(2)13-21/h8-11,15-16H,4-7,12-14H2,1-3H3,(H,20,22)/t15-,16+/m0/s1. The van der Waals surface area contributed by atoms with E-state index in [4.69, 9.17) is 0 Å². The molecule has 0 aliphatic carbocycles. The van der Waals surface area contributed by atoms with Crippen molar-refractivity contribution in [2.75, 3.05) is 13.1 Å². The molecule has 3 heteroatoms. The molecular weight excluding hydrogens is 272 g/mol. The normalized spacial score (nSPS) is 20.6. The Morgan fingerprint density at radius 1 is 1.36 bits per heavy atom. The molecule has 1 aromatic carbocycles. The van der Waals surface area contributed by atoms with E-state index in [0.717, 1.165) is 30.9 Å². The van der Waals surface area contributed by atoms with E-state index in [1.54, 1.807) is 0 Å². The monoisotopic (exact) mass is 302 g/mol. The van der Waals surface area contributed by atoms with Gasteiger partial charge >= 0.3 is 0 Å². The number of amides is 1. The summed E-state index contributed by atoms with van der Waals surface area (Å²) >= 11 is 0. The first-order valence-corrected chi connectivity index (χ1v) is 8.70. The van der Waals surface area contributed by atoms with Crippen LogP contribution in [0.1, 0.15) is 62.4 Å². The van der Waals surface area contributed by atoms with E-state index in [2.05, 4.69) is 43.1 Å². The highest BCUT2D eigenvalue weighted by molar-refractivity contribution is 5.94. The second-order valence-electron chi connectivity index (χ2n) is 6.84. The zero-order valence-corrected chi connectivity index (χ0v) is 14.3. The van der Waals surface area contributed by atoms with Crippen LogP contribution in [0, 0.1) is 5.92 Å². The summed E-state index contributed by atoms with van der Waals surface area (Å²) in [6.45, 7) is 9.92. The molecule has 1 fully saturated rings. The lowest BCUT2D eigenvalue weighted by Gasteiger charge is -2.30. The Labute approximate surface area is 135 Å². The fourth-order valence-electron chi connectivity index (χ4n) is 3.26. The van der Waals surface area contributed by atoms with E-state index in [1.807, 2.05) is 12.1 Å². The number of nitrogens with one attached hydrogen (secondary N) is 1. The average Bonchev–Trinajstić information content (AvgIpc) is 2.48. The van der Waals surface area contributed by atoms with Crippen LogP contribution in [0.25, 0.3) is 0 Å². The quantitative estimate of drug-likeness (QED) is 0.866. The van der Waals surface area contributed by atoms with Crippen LogP contribution in [-0.2, 0) is 6.54 Å². The molecule has 122 valence electrons. The second-order valence-corrected chi connectivity index (χ2v) is 6.84. The van der Waals surface area contributed by atoms with Crippen molar-refractivity contribution in [3.8, 4) is 0 Å². The zero-order valence-electron chi connectivity index (χ0n) is 14.3. The molecule has 1 aliphatic rings. The maximum atomic E-state index is 12.2. The predicted molar refractivity (Wildman–Crippen MR) is 92.0 cm³/mol. The SMILES string of the molecule is CCC[C@@H](C)NC(=O)c1ccc(CN2CCC[C@H](C)C2)cc1. The molecule has 3 nitrogen and oxygen atoms in total. The van der Waals surface area contributed by atoms with Crippen molar-refractivity contribution in [2.45, 2.75) is 59.0 Å². The van der Waals surface area contributed by atoms with Crippen LogP contribution in [0.4, 0.5) is 0 Å². The van der Waals surface area contributed by atoms with Gasteiger partial charge in [0.2, 0.25) is 0 Å². The van der Waals surface area contributed by atoms with Crippen molar-refractivity contribution in [1.82, 2.24) is 10.2 Å². The number of likely N-dealkylation sites (tertiary alicyclic amines) is 1. The highest BCUT2D eigenvalue weighted by atomic mass is 16.1. The molecule has 0 radical (unpaired) electrons. The number of carbonyl (C=O) groups excluding carboxylic acids is 1. The van der Waals surface area contributed by atoms with Crippen molar-refractivity contribution >= 4 is 5.91 Å². The van der Waals surface area contributed by atoms with Crippen LogP contribution < -0.4 is 5.32 Å². The Morgan fingerprint density at radius 2 is 2.09 bits per heavy atom. The molecule has 1 saturated heterocycles. The highest BCUT2D eigenvalue weighted by Crippen LogP contribution is 2.18. The number of benzene rings is 1. The Kier molecular flexibility index (Phi) is 6.44. The van der Waals surface area contributed by atoms with Gasteiger partial charge in [0.05, 0.1) is 0 Å². The topological polar surface area (TPSA) is 32.3 Å². The van der Waals surface area contributed by atoms with E-state index < -0.39 is 0 Å². The molecule has 2 rings (SSSR count). The van der Waals surface area contributed by atoms with Gasteiger partial charge in [0.1, 0.15) is 0 Å². The van der Waals surface area contributed by atoms with Crippen molar-refractivity contribution in [3.63, 3.8) is 0 Å². The van der Waals surface area contributed by atoms with Gasteiger partial charge in [-0.1, -0.05) is 32.4 Å². The first-order chi connectivity index (χ1) is 10.6. The van der Waals surface area contributed by atoms with Gasteiger partial charge in [0.15, 0.2) is 0 Å². The number of hydrogen-bond donors (Lipinski definition) is 1. The molecule has 0 spiro atoms. The van der Waals surface area contributed by atoms with Gasteiger partial charge in [0.25, 0.3) is 5.91 Å². The molecule has 0 bridgehead atoms. The minimum Gasteiger partial charge on any atom is -0.350 e. The number of hydrogen-bond acceptors (Lipinski definition) is 2. The maximum absolute atomic E-state index is 12.2. The third-order valence-electron chi connectivity index (χ3n) is 4.46. The van der Waals surface area contributed by atoms with E-state index in [9.17, 15) is 4.79 Å². The zero-order chi connectivity index (χ0) is 15.9. The summed E-state index contributed by atoms with van der Waals surface area (Å²) in [5.74, 6) is 0.845. The molecule has 22 heavy (non-hydrogen) atoms. The minimum absolute atomic E-state index is 0.0408. The van der Waals surface area contributed by atoms with Gasteiger partial charge in [-0.2, -0.15) is 0 Å². The molecule has 2 atom stereocenters. The lowest BCUT2D eigenvalue weighted by molar-refractivity contribution is 0.0938. The molecular formula is C19H30N2O. The van der Waals surface area contributed by atoms with Crippen LogP contribution in [0.15, 0.2) is 24.3 Å². The molecule has 1 aromatic rings. The van der Waals surface area contributed by atoms with Crippen LogP contribution in [0.2, 0.25) is 0 Å². The Bertz CT molecular complexity index is 469. The van der Waals surface area contributed by atoms with Crippen molar-refractivity contribution < 1.29 is 4.79 Å². The lowest BCUT2D eigenvalue weighted by Crippen LogP contribution is -2.34. The smallest absolute Gasteiger partial charge is 0.251 e. The van der Waals surface area contributed by atoms with Crippen molar-refractivity contribution in [1.29, 1.82) is 0 Å². The van der Waals surface area contributed by atoms with E-state index >= 15 is 0 Å². The second kappa shape index (κ2) is 8.33. The summed E-state index contributed by atoms with van der Waals surface area (Å²) in [7, 11) is 0. The van der Waals surface area contributed by atoms with Gasteiger partial charge in [-0.05, 0) is 56.3 Å². The molecule has 1 amide bonds. The summed E-state index contributed by atoms with van der Waals surface area (Å²) in [6, 6.07) is 8.34. The first kappa shape index (κ1) is 17.0. The van der Waals surface area contributed by atoms with Crippen molar-refractivity contribution in [2.24, 2.45) is 5.92 Å². The lowest BCUT2D eigenvalue weighted by atomic mass is 9.99. The Hall–Kier alpha value is -1.35. The van der Waals surface area contributed by atoms with Crippen LogP contribution in [0.3, 0.4) is 0 Å². The summed E-state index contributed by atoms with van der Waals surface area (Å²) in [5.41, 5.74) is 2.06. The molecule has 0 saturated carbocycles. The number of carbonyl (C=O) groups is 1. The highest BCUT2D eigenvalue weighted by Gasteiger charge is 2.16. The van der Waals surface area contributed by atoms with Crippen LogP contribution >= 0.6 is 0 Å². The van der Waals surface area contributed by atoms with Gasteiger partial charge in [-0.15, -0.1) is 0 Å². The summed E-state index contributed by atoms with van der Waals surface area (Å²) in [6.07, 6.45) is 4.77. The summed E-state index contributed by atoms with van der Waals surface area (Å²) in [4.78, 5) is 14.7. The minimum atomic E-state index is 0.0408. The average molecular weight is 302 g/mol. The third kappa shape index (κ3) is 5.13. The number of piperidine rings is 1. The Balaban J connectivity index is 1.88. The number of rotatable bonds is 6. The van der Waals surface area contributed by atoms with Gasteiger partial charge < -0.3 is 5.32 Å². The first-order valence-electron chi connectivity index (χ1n) is 8.70. The van der Waals surface area contributed by atoms with E-state index in [-0.39, 0.29) is 11.9 Å². The van der Waals surface area contributed by atoms with E-state index in [0.29, 0.717) is 0 Å². The largest absolute Gasteiger partial charge is 0.350 e. The van der Waals surface area contributed by atoms with Crippen LogP contribution in [-0.4, -0.2) is 29.9 Å². The molecule has 0 unspecified atom stereocenters. The molecule has 1 aliphatic heterocycles. The summed E-state index contributed by atoms with van der Waals surface area (Å²) in [5, 5.41) is 3.05. The predicted octanol–water partition coefficient (Wildman–Crippen LogP) is 3.84. The van der Waals surface area contributed by atoms with Gasteiger partial charge in [-0.25, -0.2) is 0 Å². The van der Waals surface area contributed by atoms with E-state index in [1.165, 1.54) is 31.5 Å². The van der Waals surface area contributed by atoms with Crippen LogP contribution in [0.5, 0.6) is 0 Å².